The minimum absolute atomic E-state index is 0.109. The van der Waals surface area contributed by atoms with Crippen LogP contribution in [-0.2, 0) is 0 Å². The molecule has 1 saturated carbocycles. The van der Waals surface area contributed by atoms with Crippen molar-refractivity contribution in [2.24, 2.45) is 5.92 Å². The number of aromatic nitrogens is 2. The minimum Gasteiger partial charge on any atom is -0.324 e. The van der Waals surface area contributed by atoms with Gasteiger partial charge in [-0.1, -0.05) is 30.5 Å². The summed E-state index contributed by atoms with van der Waals surface area (Å²) in [5, 5.41) is 0.598. The van der Waals surface area contributed by atoms with Gasteiger partial charge in [-0.15, -0.1) is 11.6 Å². The van der Waals surface area contributed by atoms with Gasteiger partial charge in [-0.3, -0.25) is 0 Å². The zero-order valence-corrected chi connectivity index (χ0v) is 13.5. The second kappa shape index (κ2) is 5.57. The number of imidazole rings is 1. The van der Waals surface area contributed by atoms with Crippen LogP contribution in [0.25, 0.3) is 11.0 Å². The number of nitrogens with zero attached hydrogens (tertiary/aromatic N) is 2. The Bertz CT molecular complexity index is 612. The normalized spacial score (nSPS) is 19.6. The Morgan fingerprint density at radius 3 is 2.60 bits per heavy atom. The van der Waals surface area contributed by atoms with Crippen LogP contribution in [-0.4, -0.2) is 9.55 Å². The quantitative estimate of drug-likeness (QED) is 0.661. The predicted molar refractivity (Wildman–Crippen MR) is 85.7 cm³/mol. The lowest BCUT2D eigenvalue weighted by molar-refractivity contribution is 0.359. The Hall–Kier alpha value is -0.730. The van der Waals surface area contributed by atoms with Crippen LogP contribution < -0.4 is 0 Å². The van der Waals surface area contributed by atoms with Crippen LogP contribution in [0.2, 0.25) is 5.02 Å². The fraction of sp³-hybridized carbons (Fsp3) is 0.562. The van der Waals surface area contributed by atoms with Gasteiger partial charge in [0.25, 0.3) is 0 Å². The minimum atomic E-state index is -0.109. The maximum Gasteiger partial charge on any atom is 0.128 e. The van der Waals surface area contributed by atoms with E-state index >= 15 is 0 Å². The van der Waals surface area contributed by atoms with Crippen LogP contribution in [0.4, 0.5) is 0 Å². The molecule has 1 aliphatic rings. The summed E-state index contributed by atoms with van der Waals surface area (Å²) in [4.78, 5) is 4.70. The highest BCUT2D eigenvalue weighted by Gasteiger charge is 2.27. The molecule has 0 amide bonds. The van der Waals surface area contributed by atoms with Crippen molar-refractivity contribution in [2.75, 3.05) is 0 Å². The van der Waals surface area contributed by atoms with Gasteiger partial charge < -0.3 is 4.57 Å². The SMILES string of the molecule is CC(Cl)c1nc2c(Cl)cccc2n1C(C)C1CCCC1. The molecule has 108 valence electrons. The fourth-order valence-corrected chi connectivity index (χ4v) is 3.83. The van der Waals surface area contributed by atoms with E-state index in [9.17, 15) is 0 Å². The Labute approximate surface area is 130 Å². The van der Waals surface area contributed by atoms with Crippen molar-refractivity contribution in [1.82, 2.24) is 9.55 Å². The van der Waals surface area contributed by atoms with E-state index in [1.54, 1.807) is 0 Å². The first-order valence-electron chi connectivity index (χ1n) is 7.40. The predicted octanol–water partition coefficient (Wildman–Crippen LogP) is 5.74. The molecule has 0 bridgehead atoms. The van der Waals surface area contributed by atoms with Crippen LogP contribution in [0.5, 0.6) is 0 Å². The zero-order chi connectivity index (χ0) is 14.3. The van der Waals surface area contributed by atoms with E-state index in [0.717, 1.165) is 22.8 Å². The summed E-state index contributed by atoms with van der Waals surface area (Å²) in [5.74, 6) is 1.66. The third-order valence-electron chi connectivity index (χ3n) is 4.54. The van der Waals surface area contributed by atoms with E-state index in [1.807, 2.05) is 19.1 Å². The molecule has 1 fully saturated rings. The summed E-state index contributed by atoms with van der Waals surface area (Å²) >= 11 is 12.6. The molecule has 0 saturated heterocycles. The molecule has 0 radical (unpaired) electrons. The molecule has 1 aromatic heterocycles. The average molecular weight is 311 g/mol. The third-order valence-corrected chi connectivity index (χ3v) is 5.04. The molecule has 20 heavy (non-hydrogen) atoms. The summed E-state index contributed by atoms with van der Waals surface area (Å²) in [5.41, 5.74) is 1.99. The Morgan fingerprint density at radius 1 is 1.25 bits per heavy atom. The van der Waals surface area contributed by atoms with Crippen molar-refractivity contribution in [3.63, 3.8) is 0 Å². The summed E-state index contributed by atoms with van der Waals surface area (Å²) in [6, 6.07) is 6.41. The number of fused-ring (bicyclic) bond motifs is 1. The molecule has 3 rings (SSSR count). The number of alkyl halides is 1. The topological polar surface area (TPSA) is 17.8 Å². The Kier molecular flexibility index (Phi) is 3.96. The maximum atomic E-state index is 6.36. The van der Waals surface area contributed by atoms with Crippen LogP contribution in [0, 0.1) is 5.92 Å². The van der Waals surface area contributed by atoms with E-state index in [1.165, 1.54) is 25.7 Å². The third kappa shape index (κ3) is 2.33. The van der Waals surface area contributed by atoms with Gasteiger partial charge in [-0.2, -0.15) is 0 Å². The van der Waals surface area contributed by atoms with E-state index in [2.05, 4.69) is 17.6 Å². The molecule has 2 unspecified atom stereocenters. The number of benzene rings is 1. The van der Waals surface area contributed by atoms with Gasteiger partial charge >= 0.3 is 0 Å². The van der Waals surface area contributed by atoms with E-state index in [-0.39, 0.29) is 5.38 Å². The number of hydrogen-bond donors (Lipinski definition) is 0. The molecule has 1 aliphatic carbocycles. The van der Waals surface area contributed by atoms with Crippen LogP contribution >= 0.6 is 23.2 Å². The van der Waals surface area contributed by atoms with Crippen molar-refractivity contribution in [3.05, 3.63) is 29.0 Å². The highest BCUT2D eigenvalue weighted by molar-refractivity contribution is 6.35. The van der Waals surface area contributed by atoms with Crippen molar-refractivity contribution in [2.45, 2.75) is 50.9 Å². The van der Waals surface area contributed by atoms with Gasteiger partial charge in [-0.05, 0) is 44.7 Å². The summed E-state index contributed by atoms with van der Waals surface area (Å²) in [7, 11) is 0. The van der Waals surface area contributed by atoms with E-state index in [0.29, 0.717) is 11.1 Å². The molecule has 2 nitrogen and oxygen atoms in total. The molecule has 1 heterocycles. The van der Waals surface area contributed by atoms with Crippen LogP contribution in [0.1, 0.15) is 56.8 Å². The summed E-state index contributed by atoms with van der Waals surface area (Å²) < 4.78 is 2.31. The average Bonchev–Trinajstić information content (AvgIpc) is 3.06. The smallest absolute Gasteiger partial charge is 0.128 e. The highest BCUT2D eigenvalue weighted by Crippen LogP contribution is 2.39. The van der Waals surface area contributed by atoms with Gasteiger partial charge in [-0.25, -0.2) is 4.98 Å². The largest absolute Gasteiger partial charge is 0.324 e. The molecular formula is C16H20Cl2N2. The molecule has 0 aliphatic heterocycles. The second-order valence-electron chi connectivity index (χ2n) is 5.85. The number of para-hydroxylation sites is 1. The molecule has 2 aromatic rings. The lowest BCUT2D eigenvalue weighted by Gasteiger charge is -2.24. The van der Waals surface area contributed by atoms with E-state index in [4.69, 9.17) is 28.2 Å². The molecule has 4 heteroatoms. The van der Waals surface area contributed by atoms with Gasteiger partial charge in [0.15, 0.2) is 0 Å². The lowest BCUT2D eigenvalue weighted by Crippen LogP contribution is -2.17. The van der Waals surface area contributed by atoms with Crippen molar-refractivity contribution in [1.29, 1.82) is 0 Å². The fourth-order valence-electron chi connectivity index (χ4n) is 3.46. The number of rotatable bonds is 3. The Morgan fingerprint density at radius 2 is 1.95 bits per heavy atom. The Balaban J connectivity index is 2.15. The first-order chi connectivity index (χ1) is 9.59. The molecule has 0 spiro atoms. The zero-order valence-electron chi connectivity index (χ0n) is 11.9. The van der Waals surface area contributed by atoms with Crippen molar-refractivity contribution < 1.29 is 0 Å². The first-order valence-corrected chi connectivity index (χ1v) is 8.21. The molecule has 1 aromatic carbocycles. The monoisotopic (exact) mass is 310 g/mol. The highest BCUT2D eigenvalue weighted by atomic mass is 35.5. The summed E-state index contributed by atoms with van der Waals surface area (Å²) in [6.45, 7) is 4.27. The molecular weight excluding hydrogens is 291 g/mol. The van der Waals surface area contributed by atoms with Crippen molar-refractivity contribution >= 4 is 34.2 Å². The van der Waals surface area contributed by atoms with Gasteiger partial charge in [0.1, 0.15) is 11.3 Å². The van der Waals surface area contributed by atoms with Crippen LogP contribution in [0.15, 0.2) is 18.2 Å². The first kappa shape index (κ1) is 14.2. The van der Waals surface area contributed by atoms with Gasteiger partial charge in [0, 0.05) is 6.04 Å². The maximum absolute atomic E-state index is 6.36. The number of hydrogen-bond acceptors (Lipinski definition) is 1. The van der Waals surface area contributed by atoms with Gasteiger partial charge in [0.2, 0.25) is 0 Å². The molecule has 2 atom stereocenters. The summed E-state index contributed by atoms with van der Waals surface area (Å²) in [6.07, 6.45) is 5.29. The molecule has 0 N–H and O–H groups in total. The van der Waals surface area contributed by atoms with Crippen molar-refractivity contribution in [3.8, 4) is 0 Å². The van der Waals surface area contributed by atoms with Crippen LogP contribution in [0.3, 0.4) is 0 Å². The van der Waals surface area contributed by atoms with E-state index < -0.39 is 0 Å². The lowest BCUT2D eigenvalue weighted by atomic mass is 9.99. The van der Waals surface area contributed by atoms with Gasteiger partial charge in [0.05, 0.1) is 15.9 Å². The second-order valence-corrected chi connectivity index (χ2v) is 6.91. The number of halogens is 2. The standard InChI is InChI=1S/C16H20Cl2N2/c1-10(17)16-19-15-13(18)8-5-9-14(15)20(16)11(2)12-6-3-4-7-12/h5,8-12H,3-4,6-7H2,1-2H3.